The summed E-state index contributed by atoms with van der Waals surface area (Å²) in [4.78, 5) is 12.5. The second-order valence-corrected chi connectivity index (χ2v) is 9.41. The summed E-state index contributed by atoms with van der Waals surface area (Å²) >= 11 is 6.18. The van der Waals surface area contributed by atoms with Crippen molar-refractivity contribution < 1.29 is 18.3 Å². The van der Waals surface area contributed by atoms with Crippen LogP contribution in [0.3, 0.4) is 0 Å². The molecule has 156 valence electrons. The zero-order valence-corrected chi connectivity index (χ0v) is 17.6. The van der Waals surface area contributed by atoms with Gasteiger partial charge in [0.25, 0.3) is 5.91 Å². The minimum atomic E-state index is -3.77. The fourth-order valence-electron chi connectivity index (χ4n) is 3.35. The van der Waals surface area contributed by atoms with Crippen LogP contribution in [-0.4, -0.2) is 43.4 Å². The minimum absolute atomic E-state index is 0.0136. The van der Waals surface area contributed by atoms with Gasteiger partial charge in [0, 0.05) is 25.2 Å². The number of benzene rings is 2. The summed E-state index contributed by atoms with van der Waals surface area (Å²) in [5.41, 5.74) is 0.872. The van der Waals surface area contributed by atoms with Crippen LogP contribution in [0, 0.1) is 0 Å². The topological polar surface area (TPSA) is 86.7 Å². The molecule has 1 aliphatic heterocycles. The third-order valence-electron chi connectivity index (χ3n) is 5.02. The van der Waals surface area contributed by atoms with E-state index in [1.54, 1.807) is 24.3 Å². The van der Waals surface area contributed by atoms with Crippen molar-refractivity contribution in [1.82, 2.24) is 9.62 Å². The molecule has 0 unspecified atom stereocenters. The lowest BCUT2D eigenvalue weighted by molar-refractivity contribution is 0.0916. The molecule has 1 fully saturated rings. The van der Waals surface area contributed by atoms with Gasteiger partial charge in [0.05, 0.1) is 11.1 Å². The van der Waals surface area contributed by atoms with E-state index in [9.17, 15) is 18.3 Å². The molecule has 29 heavy (non-hydrogen) atoms. The van der Waals surface area contributed by atoms with Crippen LogP contribution in [0.1, 0.15) is 47.7 Å². The molecule has 3 rings (SSSR count). The normalized spacial score (nSPS) is 16.8. The van der Waals surface area contributed by atoms with E-state index in [0.717, 1.165) is 25.7 Å². The largest absolute Gasteiger partial charge is 0.387 e. The molecule has 8 heteroatoms. The number of hydrogen-bond acceptors (Lipinski definition) is 4. The summed E-state index contributed by atoms with van der Waals surface area (Å²) in [6.45, 7) is 0.927. The highest BCUT2D eigenvalue weighted by Crippen LogP contribution is 2.27. The van der Waals surface area contributed by atoms with Gasteiger partial charge in [-0.05, 0) is 36.6 Å². The smallest absolute Gasteiger partial charge is 0.251 e. The Kier molecular flexibility index (Phi) is 7.29. The molecule has 1 amide bonds. The predicted octanol–water partition coefficient (Wildman–Crippen LogP) is 3.37. The van der Waals surface area contributed by atoms with Gasteiger partial charge in [-0.3, -0.25) is 4.79 Å². The van der Waals surface area contributed by atoms with Crippen molar-refractivity contribution in [2.45, 2.75) is 36.7 Å². The fraction of sp³-hybridized carbons (Fsp3) is 0.381. The lowest BCUT2D eigenvalue weighted by Gasteiger charge is -2.21. The van der Waals surface area contributed by atoms with Gasteiger partial charge in [-0.25, -0.2) is 8.42 Å². The van der Waals surface area contributed by atoms with Gasteiger partial charge in [-0.1, -0.05) is 54.8 Å². The minimum Gasteiger partial charge on any atom is -0.387 e. The molecule has 2 aromatic carbocycles. The maximum Gasteiger partial charge on any atom is 0.251 e. The highest BCUT2D eigenvalue weighted by Gasteiger charge is 2.28. The molecule has 0 aliphatic carbocycles. The second kappa shape index (κ2) is 9.71. The first kappa shape index (κ1) is 21.8. The molecule has 6 nitrogen and oxygen atoms in total. The van der Waals surface area contributed by atoms with E-state index in [4.69, 9.17) is 11.6 Å². The summed E-state index contributed by atoms with van der Waals surface area (Å²) in [6, 6.07) is 13.2. The van der Waals surface area contributed by atoms with Crippen LogP contribution in [0.2, 0.25) is 5.02 Å². The van der Waals surface area contributed by atoms with E-state index in [2.05, 4.69) is 5.32 Å². The molecule has 1 heterocycles. The maximum absolute atomic E-state index is 13.1. The first-order chi connectivity index (χ1) is 13.9. The number of hydrogen-bond donors (Lipinski definition) is 2. The Morgan fingerprint density at radius 3 is 2.38 bits per heavy atom. The maximum atomic E-state index is 13.1. The van der Waals surface area contributed by atoms with Gasteiger partial charge in [0.1, 0.15) is 4.90 Å². The van der Waals surface area contributed by atoms with Gasteiger partial charge in [-0.15, -0.1) is 0 Å². The number of carbonyl (C=O) groups is 1. The average molecular weight is 437 g/mol. The van der Waals surface area contributed by atoms with Crippen molar-refractivity contribution in [3.05, 3.63) is 64.7 Å². The quantitative estimate of drug-likeness (QED) is 0.726. The zero-order valence-electron chi connectivity index (χ0n) is 16.1. The Morgan fingerprint density at radius 1 is 1.07 bits per heavy atom. The number of nitrogens with one attached hydrogen (secondary N) is 1. The van der Waals surface area contributed by atoms with Crippen LogP contribution in [-0.2, 0) is 10.0 Å². The summed E-state index contributed by atoms with van der Waals surface area (Å²) in [5.74, 6) is -0.469. The van der Waals surface area contributed by atoms with Crippen molar-refractivity contribution in [3.63, 3.8) is 0 Å². The molecular formula is C21H25ClN2O4S. The van der Waals surface area contributed by atoms with Crippen LogP contribution < -0.4 is 5.32 Å². The summed E-state index contributed by atoms with van der Waals surface area (Å²) in [7, 11) is -3.77. The first-order valence-corrected chi connectivity index (χ1v) is 11.5. The predicted molar refractivity (Wildman–Crippen MR) is 112 cm³/mol. The fourth-order valence-corrected chi connectivity index (χ4v) is 5.37. The molecule has 1 saturated heterocycles. The standard InChI is InChI=1S/C21H25ClN2O4S/c22-18-11-10-17(21(26)23-15-19(25)16-8-4-3-5-9-16)14-20(18)29(27,28)24-12-6-1-2-7-13-24/h3-5,8-11,14,19,25H,1-2,6-7,12-13,15H2,(H,23,26)/t19-/m1/s1. The number of amides is 1. The molecule has 1 aliphatic rings. The van der Waals surface area contributed by atoms with Crippen LogP contribution >= 0.6 is 11.6 Å². The summed E-state index contributed by atoms with van der Waals surface area (Å²) < 4.78 is 27.6. The monoisotopic (exact) mass is 436 g/mol. The molecular weight excluding hydrogens is 412 g/mol. The Labute approximate surface area is 176 Å². The highest BCUT2D eigenvalue weighted by molar-refractivity contribution is 7.89. The Bertz CT molecular complexity index is 942. The van der Waals surface area contributed by atoms with E-state index in [1.807, 2.05) is 6.07 Å². The Balaban J connectivity index is 1.75. The Morgan fingerprint density at radius 2 is 1.72 bits per heavy atom. The number of nitrogens with zero attached hydrogens (tertiary/aromatic N) is 1. The van der Waals surface area contributed by atoms with E-state index >= 15 is 0 Å². The van der Waals surface area contributed by atoms with Crippen LogP contribution in [0.4, 0.5) is 0 Å². The highest BCUT2D eigenvalue weighted by atomic mass is 35.5. The molecule has 2 aromatic rings. The van der Waals surface area contributed by atoms with E-state index in [0.29, 0.717) is 18.7 Å². The number of carbonyl (C=O) groups excluding carboxylic acids is 1. The number of rotatable bonds is 6. The summed E-state index contributed by atoms with van der Waals surface area (Å²) in [5, 5.41) is 12.9. The number of sulfonamides is 1. The van der Waals surface area contributed by atoms with Crippen molar-refractivity contribution >= 4 is 27.5 Å². The molecule has 0 spiro atoms. The first-order valence-electron chi connectivity index (χ1n) is 9.70. The van der Waals surface area contributed by atoms with E-state index < -0.39 is 22.0 Å². The van der Waals surface area contributed by atoms with Crippen LogP contribution in [0.5, 0.6) is 0 Å². The van der Waals surface area contributed by atoms with Crippen LogP contribution in [0.15, 0.2) is 53.4 Å². The van der Waals surface area contributed by atoms with Crippen molar-refractivity contribution in [2.75, 3.05) is 19.6 Å². The van der Waals surface area contributed by atoms with Gasteiger partial charge in [-0.2, -0.15) is 4.31 Å². The van der Waals surface area contributed by atoms with E-state index in [1.165, 1.54) is 22.5 Å². The molecule has 0 bridgehead atoms. The molecule has 0 aromatic heterocycles. The van der Waals surface area contributed by atoms with Crippen molar-refractivity contribution in [2.24, 2.45) is 0 Å². The number of aliphatic hydroxyl groups is 1. The number of halogens is 1. The SMILES string of the molecule is O=C(NC[C@@H](O)c1ccccc1)c1ccc(Cl)c(S(=O)(=O)N2CCCCCC2)c1. The van der Waals surface area contributed by atoms with Crippen molar-refractivity contribution in [1.29, 1.82) is 0 Å². The zero-order chi connectivity index (χ0) is 20.9. The second-order valence-electron chi connectivity index (χ2n) is 7.10. The average Bonchev–Trinajstić information content (AvgIpc) is 3.03. The third kappa shape index (κ3) is 5.36. The molecule has 1 atom stereocenters. The van der Waals surface area contributed by atoms with Gasteiger partial charge < -0.3 is 10.4 Å². The van der Waals surface area contributed by atoms with E-state index in [-0.39, 0.29) is 22.0 Å². The van der Waals surface area contributed by atoms with Gasteiger partial charge in [0.2, 0.25) is 10.0 Å². The summed E-state index contributed by atoms with van der Waals surface area (Å²) in [6.07, 6.45) is 2.79. The lowest BCUT2D eigenvalue weighted by atomic mass is 10.1. The molecule has 0 saturated carbocycles. The van der Waals surface area contributed by atoms with Crippen molar-refractivity contribution in [3.8, 4) is 0 Å². The van der Waals surface area contributed by atoms with Crippen LogP contribution in [0.25, 0.3) is 0 Å². The molecule has 0 radical (unpaired) electrons. The van der Waals surface area contributed by atoms with Gasteiger partial charge >= 0.3 is 0 Å². The molecule has 2 N–H and O–H groups in total. The lowest BCUT2D eigenvalue weighted by Crippen LogP contribution is -2.32. The Hall–Kier alpha value is -1.93. The third-order valence-corrected chi connectivity index (χ3v) is 7.40. The number of aliphatic hydroxyl groups excluding tert-OH is 1. The van der Waals surface area contributed by atoms with Gasteiger partial charge in [0.15, 0.2) is 0 Å².